The van der Waals surface area contributed by atoms with Crippen molar-refractivity contribution in [2.24, 2.45) is 0 Å². The minimum absolute atomic E-state index is 0.164. The molecule has 1 aliphatic rings. The van der Waals surface area contributed by atoms with E-state index in [1.54, 1.807) is 30.5 Å². The maximum atomic E-state index is 13.7. The number of nitrogens with one attached hydrogen (secondary N) is 1. The maximum absolute atomic E-state index is 13.7. The molecule has 5 heteroatoms. The lowest BCUT2D eigenvalue weighted by Crippen LogP contribution is -2.47. The van der Waals surface area contributed by atoms with Crippen molar-refractivity contribution in [2.45, 2.75) is 5.54 Å². The molecule has 2 N–H and O–H groups in total. The predicted octanol–water partition coefficient (Wildman–Crippen LogP) is 5.16. The van der Waals surface area contributed by atoms with Crippen molar-refractivity contribution < 1.29 is 10.0 Å². The van der Waals surface area contributed by atoms with Crippen LogP contribution in [0.15, 0.2) is 79.0 Å². The van der Waals surface area contributed by atoms with Crippen LogP contribution in [0, 0.1) is 0 Å². The van der Waals surface area contributed by atoms with Crippen LogP contribution < -0.4 is 5.06 Å². The first-order chi connectivity index (χ1) is 13.1. The van der Waals surface area contributed by atoms with Gasteiger partial charge >= 0.3 is 0 Å². The third-order valence-electron chi connectivity index (χ3n) is 5.25. The molecule has 3 aromatic carbocycles. The van der Waals surface area contributed by atoms with Crippen molar-refractivity contribution in [3.63, 3.8) is 0 Å². The highest BCUT2D eigenvalue weighted by molar-refractivity contribution is 6.31. The zero-order valence-electron chi connectivity index (χ0n) is 14.2. The number of ketones is 1. The second kappa shape index (κ2) is 5.71. The van der Waals surface area contributed by atoms with Gasteiger partial charge in [-0.1, -0.05) is 60.1 Å². The summed E-state index contributed by atoms with van der Waals surface area (Å²) < 4.78 is 0. The molecule has 0 aliphatic carbocycles. The van der Waals surface area contributed by atoms with Gasteiger partial charge in [0.1, 0.15) is 0 Å². The van der Waals surface area contributed by atoms with E-state index in [0.717, 1.165) is 16.0 Å². The number of nitrogens with zero attached hydrogens (tertiary/aromatic N) is 1. The molecule has 0 unspecified atom stereocenters. The number of carbonyl (C=O) groups is 1. The number of hydrogen-bond donors (Lipinski definition) is 2. The SMILES string of the molecule is O=C1c2ccccc2N(O)[C@@]1(c1ccccc1)c1c[nH]c2cc(Cl)ccc12. The monoisotopic (exact) mass is 374 g/mol. The number of anilines is 1. The molecule has 4 nitrogen and oxygen atoms in total. The van der Waals surface area contributed by atoms with Gasteiger partial charge in [0, 0.05) is 33.2 Å². The number of Topliss-reactive ketones (excluding diaryl/α,β-unsaturated/α-hetero) is 1. The van der Waals surface area contributed by atoms with Gasteiger partial charge in [-0.05, 0) is 29.8 Å². The van der Waals surface area contributed by atoms with Crippen molar-refractivity contribution in [3.05, 3.63) is 101 Å². The molecule has 0 bridgehead atoms. The van der Waals surface area contributed by atoms with E-state index in [1.165, 1.54) is 0 Å². The number of halogens is 1. The lowest BCUT2D eigenvalue weighted by molar-refractivity contribution is 0.0846. The van der Waals surface area contributed by atoms with Gasteiger partial charge in [-0.2, -0.15) is 0 Å². The normalized spacial score (nSPS) is 18.9. The Morgan fingerprint density at radius 3 is 2.48 bits per heavy atom. The van der Waals surface area contributed by atoms with Crippen LogP contribution in [0.1, 0.15) is 21.5 Å². The van der Waals surface area contributed by atoms with Gasteiger partial charge in [0.25, 0.3) is 0 Å². The fraction of sp³-hybridized carbons (Fsp3) is 0.0455. The first kappa shape index (κ1) is 16.1. The molecule has 2 heterocycles. The Morgan fingerprint density at radius 1 is 0.963 bits per heavy atom. The summed E-state index contributed by atoms with van der Waals surface area (Å²) in [4.78, 5) is 16.9. The standard InChI is InChI=1S/C22H15ClN2O2/c23-15-10-11-16-18(13-24-19(16)12-15)22(14-6-2-1-3-7-14)21(26)17-8-4-5-9-20(17)25(22)27/h1-13,24,27H/t22-/m0/s1. The Morgan fingerprint density at radius 2 is 1.70 bits per heavy atom. The summed E-state index contributed by atoms with van der Waals surface area (Å²) in [5, 5.41) is 13.8. The van der Waals surface area contributed by atoms with E-state index in [1.807, 2.05) is 48.5 Å². The molecule has 1 aliphatic heterocycles. The number of aromatic amines is 1. The predicted molar refractivity (Wildman–Crippen MR) is 106 cm³/mol. The van der Waals surface area contributed by atoms with Gasteiger partial charge in [0.05, 0.1) is 5.69 Å². The van der Waals surface area contributed by atoms with E-state index >= 15 is 0 Å². The summed E-state index contributed by atoms with van der Waals surface area (Å²) in [5.41, 5.74) is 1.82. The Kier molecular flexibility index (Phi) is 3.41. The molecule has 132 valence electrons. The van der Waals surface area contributed by atoms with Crippen LogP contribution in [-0.2, 0) is 5.54 Å². The molecule has 0 spiro atoms. The van der Waals surface area contributed by atoms with E-state index in [2.05, 4.69) is 4.98 Å². The van der Waals surface area contributed by atoms with Gasteiger partial charge in [0.15, 0.2) is 5.54 Å². The minimum atomic E-state index is -1.36. The van der Waals surface area contributed by atoms with Crippen LogP contribution in [0.2, 0.25) is 5.02 Å². The quantitative estimate of drug-likeness (QED) is 0.509. The second-order valence-electron chi connectivity index (χ2n) is 6.63. The Hall–Kier alpha value is -3.08. The van der Waals surface area contributed by atoms with Gasteiger partial charge in [-0.25, -0.2) is 5.06 Å². The third kappa shape index (κ3) is 2.05. The van der Waals surface area contributed by atoms with E-state index in [-0.39, 0.29) is 5.78 Å². The second-order valence-corrected chi connectivity index (χ2v) is 7.06. The number of fused-ring (bicyclic) bond motifs is 2. The lowest BCUT2D eigenvalue weighted by atomic mass is 9.79. The molecular formula is C22H15ClN2O2. The van der Waals surface area contributed by atoms with Crippen molar-refractivity contribution in [3.8, 4) is 0 Å². The van der Waals surface area contributed by atoms with E-state index in [0.29, 0.717) is 27.4 Å². The molecule has 0 saturated carbocycles. The highest BCUT2D eigenvalue weighted by Crippen LogP contribution is 2.49. The fourth-order valence-electron chi connectivity index (χ4n) is 4.04. The number of hydrogen-bond acceptors (Lipinski definition) is 3. The largest absolute Gasteiger partial charge is 0.361 e. The molecular weight excluding hydrogens is 360 g/mol. The van der Waals surface area contributed by atoms with E-state index < -0.39 is 5.54 Å². The Balaban J connectivity index is 1.88. The summed E-state index contributed by atoms with van der Waals surface area (Å²) in [5.74, 6) is -0.164. The highest BCUT2D eigenvalue weighted by atomic mass is 35.5. The van der Waals surface area contributed by atoms with E-state index in [9.17, 15) is 10.0 Å². The van der Waals surface area contributed by atoms with Crippen LogP contribution in [0.3, 0.4) is 0 Å². The summed E-state index contributed by atoms with van der Waals surface area (Å²) in [6, 6.07) is 21.9. The van der Waals surface area contributed by atoms with Gasteiger partial charge in [-0.3, -0.25) is 10.0 Å². The van der Waals surface area contributed by atoms with Crippen LogP contribution in [0.25, 0.3) is 10.9 Å². The number of rotatable bonds is 2. The molecule has 0 amide bonds. The van der Waals surface area contributed by atoms with Crippen molar-refractivity contribution in [1.82, 2.24) is 4.98 Å². The number of hydroxylamine groups is 1. The first-order valence-corrected chi connectivity index (χ1v) is 8.97. The van der Waals surface area contributed by atoms with Gasteiger partial charge in [-0.15, -0.1) is 0 Å². The average molecular weight is 375 g/mol. The topological polar surface area (TPSA) is 56.3 Å². The minimum Gasteiger partial charge on any atom is -0.361 e. The zero-order chi connectivity index (χ0) is 18.6. The fourth-order valence-corrected chi connectivity index (χ4v) is 4.22. The molecule has 4 aromatic rings. The zero-order valence-corrected chi connectivity index (χ0v) is 14.9. The smallest absolute Gasteiger partial charge is 0.202 e. The molecule has 1 aromatic heterocycles. The third-order valence-corrected chi connectivity index (χ3v) is 5.48. The highest BCUT2D eigenvalue weighted by Gasteiger charge is 2.55. The van der Waals surface area contributed by atoms with Crippen LogP contribution in [0.4, 0.5) is 5.69 Å². The summed E-state index contributed by atoms with van der Waals surface area (Å²) in [6.45, 7) is 0. The van der Waals surface area contributed by atoms with Crippen molar-refractivity contribution >= 4 is 34.0 Å². The summed E-state index contributed by atoms with van der Waals surface area (Å²) >= 11 is 6.12. The van der Waals surface area contributed by atoms with Crippen LogP contribution in [-0.4, -0.2) is 16.0 Å². The number of carbonyl (C=O) groups excluding carboxylic acids is 1. The van der Waals surface area contributed by atoms with Gasteiger partial charge in [0.2, 0.25) is 5.78 Å². The average Bonchev–Trinajstić information content (AvgIpc) is 3.21. The Bertz CT molecular complexity index is 1190. The van der Waals surface area contributed by atoms with Crippen LogP contribution in [0.5, 0.6) is 0 Å². The van der Waals surface area contributed by atoms with E-state index in [4.69, 9.17) is 11.6 Å². The molecule has 0 radical (unpaired) electrons. The number of para-hydroxylation sites is 1. The van der Waals surface area contributed by atoms with Crippen molar-refractivity contribution in [2.75, 3.05) is 5.06 Å². The molecule has 0 fully saturated rings. The summed E-state index contributed by atoms with van der Waals surface area (Å²) in [6.07, 6.45) is 1.78. The molecule has 5 rings (SSSR count). The summed E-state index contributed by atoms with van der Waals surface area (Å²) in [7, 11) is 0. The molecule has 1 atom stereocenters. The van der Waals surface area contributed by atoms with Gasteiger partial charge < -0.3 is 4.98 Å². The number of benzene rings is 3. The first-order valence-electron chi connectivity index (χ1n) is 8.59. The molecule has 0 saturated heterocycles. The van der Waals surface area contributed by atoms with Crippen molar-refractivity contribution in [1.29, 1.82) is 0 Å². The van der Waals surface area contributed by atoms with Crippen LogP contribution >= 0.6 is 11.6 Å². The Labute approximate surface area is 160 Å². The molecule has 27 heavy (non-hydrogen) atoms. The maximum Gasteiger partial charge on any atom is 0.202 e. The lowest BCUT2D eigenvalue weighted by Gasteiger charge is -2.34. The number of aromatic nitrogens is 1. The number of H-pyrrole nitrogens is 1.